The molecule has 0 unspecified atom stereocenters. The van der Waals surface area contributed by atoms with Gasteiger partial charge in [0.1, 0.15) is 22.7 Å². The van der Waals surface area contributed by atoms with E-state index < -0.39 is 0 Å². The third kappa shape index (κ3) is 3.72. The molecule has 6 aromatic carbocycles. The molecule has 0 saturated carbocycles. The Kier molecular flexibility index (Phi) is 5.37. The van der Waals surface area contributed by atoms with Gasteiger partial charge >= 0.3 is 0 Å². The van der Waals surface area contributed by atoms with E-state index in [-0.39, 0.29) is 16.2 Å². The lowest BCUT2D eigenvalue weighted by Gasteiger charge is -2.25. The van der Waals surface area contributed by atoms with Crippen molar-refractivity contribution in [3.8, 4) is 56.0 Å². The highest BCUT2D eigenvalue weighted by molar-refractivity contribution is 5.94. The SMILES string of the molecule is CC1(C)c2cc(-c3cc4ccccc4o3)ccc2-c2cc3c(cc21)-c1cc2c(cc1C3(C)C)-c1ccc(-c3cc4ccccc4o3)cc1C2(C)C. The molecule has 51 heavy (non-hydrogen) atoms. The quantitative estimate of drug-likeness (QED) is 0.185. The predicted molar refractivity (Wildman–Crippen MR) is 210 cm³/mol. The lowest BCUT2D eigenvalue weighted by molar-refractivity contribution is 0.629. The smallest absolute Gasteiger partial charge is 0.135 e. The van der Waals surface area contributed by atoms with Gasteiger partial charge in [0.05, 0.1) is 0 Å². The molecule has 0 N–H and O–H groups in total. The third-order valence-electron chi connectivity index (χ3n) is 12.7. The largest absolute Gasteiger partial charge is 0.456 e. The molecule has 2 heterocycles. The summed E-state index contributed by atoms with van der Waals surface area (Å²) in [5, 5.41) is 2.27. The van der Waals surface area contributed by atoms with E-state index in [9.17, 15) is 0 Å². The minimum Gasteiger partial charge on any atom is -0.456 e. The Balaban J connectivity index is 1.02. The number of furan rings is 2. The summed E-state index contributed by atoms with van der Waals surface area (Å²) in [4.78, 5) is 0. The molecule has 2 heteroatoms. The second-order valence-electron chi connectivity index (χ2n) is 16.6. The summed E-state index contributed by atoms with van der Waals surface area (Å²) < 4.78 is 12.6. The predicted octanol–water partition coefficient (Wildman–Crippen LogP) is 13.4. The van der Waals surface area contributed by atoms with Crippen LogP contribution < -0.4 is 0 Å². The summed E-state index contributed by atoms with van der Waals surface area (Å²) in [6.07, 6.45) is 0. The molecule has 8 aromatic rings. The Morgan fingerprint density at radius 3 is 1.04 bits per heavy atom. The van der Waals surface area contributed by atoms with Crippen molar-refractivity contribution in [1.29, 1.82) is 0 Å². The van der Waals surface area contributed by atoms with E-state index in [0.717, 1.165) is 44.6 Å². The molecule has 0 saturated heterocycles. The van der Waals surface area contributed by atoms with Gasteiger partial charge in [0, 0.05) is 38.1 Å². The van der Waals surface area contributed by atoms with Crippen LogP contribution in [-0.2, 0) is 16.2 Å². The van der Waals surface area contributed by atoms with E-state index in [1.165, 1.54) is 66.8 Å². The molecule has 3 aliphatic rings. The lowest BCUT2D eigenvalue weighted by atomic mass is 9.78. The molecule has 3 aliphatic carbocycles. The van der Waals surface area contributed by atoms with E-state index in [0.29, 0.717) is 0 Å². The summed E-state index contributed by atoms with van der Waals surface area (Å²) in [6, 6.07) is 44.8. The Labute approximate surface area is 298 Å². The first-order valence-corrected chi connectivity index (χ1v) is 18.2. The first kappa shape index (κ1) is 29.2. The summed E-state index contributed by atoms with van der Waals surface area (Å²) in [6.45, 7) is 14.4. The number of fused-ring (bicyclic) bond motifs is 11. The topological polar surface area (TPSA) is 26.3 Å². The molecule has 0 fully saturated rings. The Bertz CT molecular complexity index is 2570. The van der Waals surface area contributed by atoms with Crippen LogP contribution in [0.25, 0.3) is 78.0 Å². The third-order valence-corrected chi connectivity index (χ3v) is 12.7. The molecule has 11 rings (SSSR count). The van der Waals surface area contributed by atoms with Crippen molar-refractivity contribution < 1.29 is 8.83 Å². The van der Waals surface area contributed by atoms with Gasteiger partial charge in [-0.2, -0.15) is 0 Å². The van der Waals surface area contributed by atoms with Gasteiger partial charge in [0.15, 0.2) is 0 Å². The highest BCUT2D eigenvalue weighted by atomic mass is 16.3. The fraction of sp³-hybridized carbons (Fsp3) is 0.184. The van der Waals surface area contributed by atoms with E-state index in [4.69, 9.17) is 8.83 Å². The van der Waals surface area contributed by atoms with Crippen LogP contribution in [0.1, 0.15) is 74.9 Å². The molecule has 2 nitrogen and oxygen atoms in total. The van der Waals surface area contributed by atoms with E-state index in [1.54, 1.807) is 0 Å². The first-order valence-electron chi connectivity index (χ1n) is 18.2. The van der Waals surface area contributed by atoms with Crippen molar-refractivity contribution in [2.45, 2.75) is 57.8 Å². The monoisotopic (exact) mass is 658 g/mol. The van der Waals surface area contributed by atoms with Crippen LogP contribution in [0.15, 0.2) is 130 Å². The number of rotatable bonds is 2. The molecule has 0 amide bonds. The highest BCUT2D eigenvalue weighted by Crippen LogP contribution is 2.59. The van der Waals surface area contributed by atoms with E-state index >= 15 is 0 Å². The average molecular weight is 659 g/mol. The molecular formula is C49H38O2. The van der Waals surface area contributed by atoms with Crippen molar-refractivity contribution in [1.82, 2.24) is 0 Å². The minimum absolute atomic E-state index is 0.128. The van der Waals surface area contributed by atoms with Crippen LogP contribution in [0.5, 0.6) is 0 Å². The molecular weight excluding hydrogens is 621 g/mol. The zero-order chi connectivity index (χ0) is 34.6. The van der Waals surface area contributed by atoms with Gasteiger partial charge in [0.2, 0.25) is 0 Å². The van der Waals surface area contributed by atoms with Gasteiger partial charge in [-0.05, 0) is 127 Å². The average Bonchev–Trinajstić information content (AvgIpc) is 3.90. The van der Waals surface area contributed by atoms with Crippen molar-refractivity contribution in [3.63, 3.8) is 0 Å². The molecule has 0 atom stereocenters. The van der Waals surface area contributed by atoms with Gasteiger partial charge in [-0.3, -0.25) is 0 Å². The molecule has 0 bridgehead atoms. The molecule has 2 aromatic heterocycles. The summed E-state index contributed by atoms with van der Waals surface area (Å²) >= 11 is 0. The minimum atomic E-state index is -0.145. The van der Waals surface area contributed by atoms with Crippen LogP contribution in [0, 0.1) is 0 Å². The fourth-order valence-electron chi connectivity index (χ4n) is 9.74. The van der Waals surface area contributed by atoms with Crippen LogP contribution >= 0.6 is 0 Å². The van der Waals surface area contributed by atoms with Gasteiger partial charge < -0.3 is 8.83 Å². The first-order chi connectivity index (χ1) is 24.5. The normalized spacial score (nSPS) is 16.5. The van der Waals surface area contributed by atoms with E-state index in [2.05, 4.69) is 139 Å². The highest BCUT2D eigenvalue weighted by Gasteiger charge is 2.44. The van der Waals surface area contributed by atoms with E-state index in [1.807, 2.05) is 24.3 Å². The Morgan fingerprint density at radius 2 is 0.667 bits per heavy atom. The Hall–Kier alpha value is -5.60. The zero-order valence-electron chi connectivity index (χ0n) is 29.9. The maximum atomic E-state index is 6.30. The van der Waals surface area contributed by atoms with Crippen molar-refractivity contribution in [2.24, 2.45) is 0 Å². The maximum absolute atomic E-state index is 6.30. The molecule has 0 aliphatic heterocycles. The summed E-state index contributed by atoms with van der Waals surface area (Å²) in [5.41, 5.74) is 20.2. The Morgan fingerprint density at radius 1 is 0.333 bits per heavy atom. The van der Waals surface area contributed by atoms with Crippen LogP contribution in [0.2, 0.25) is 0 Å². The van der Waals surface area contributed by atoms with Crippen LogP contribution in [0.3, 0.4) is 0 Å². The van der Waals surface area contributed by atoms with Gasteiger partial charge in [0.25, 0.3) is 0 Å². The zero-order valence-corrected chi connectivity index (χ0v) is 29.9. The van der Waals surface area contributed by atoms with Gasteiger partial charge in [-0.15, -0.1) is 0 Å². The molecule has 0 radical (unpaired) electrons. The van der Waals surface area contributed by atoms with Gasteiger partial charge in [-0.25, -0.2) is 0 Å². The fourth-order valence-corrected chi connectivity index (χ4v) is 9.74. The van der Waals surface area contributed by atoms with Crippen molar-refractivity contribution in [3.05, 3.63) is 155 Å². The van der Waals surface area contributed by atoms with Crippen LogP contribution in [0.4, 0.5) is 0 Å². The van der Waals surface area contributed by atoms with Crippen molar-refractivity contribution in [2.75, 3.05) is 0 Å². The number of hydrogen-bond acceptors (Lipinski definition) is 2. The molecule has 0 spiro atoms. The number of benzene rings is 6. The lowest BCUT2D eigenvalue weighted by Crippen LogP contribution is -2.17. The maximum Gasteiger partial charge on any atom is 0.135 e. The second kappa shape index (κ2) is 9.38. The van der Waals surface area contributed by atoms with Gasteiger partial charge in [-0.1, -0.05) is 102 Å². The standard InChI is InChI=1S/C49H38O2/c1-47(2)37-19-29(45-21-27-11-7-9-13-43(27)50-45)15-17-31(37)33-23-41-35(25-39(33)47)36-26-40-34(24-42(36)49(41,5)6)32-18-16-30(20-38(32)48(40,3)4)46-22-28-12-8-10-14-44(28)51-46/h7-26H,1-6H3. The second-order valence-corrected chi connectivity index (χ2v) is 16.6. The number of para-hydroxylation sites is 2. The summed E-state index contributed by atoms with van der Waals surface area (Å²) in [7, 11) is 0. The number of hydrogen-bond donors (Lipinski definition) is 0. The molecule has 246 valence electrons. The van der Waals surface area contributed by atoms with Crippen LogP contribution in [-0.4, -0.2) is 0 Å². The van der Waals surface area contributed by atoms with Crippen molar-refractivity contribution >= 4 is 21.9 Å². The summed E-state index contributed by atoms with van der Waals surface area (Å²) in [5.74, 6) is 1.84.